The van der Waals surface area contributed by atoms with Gasteiger partial charge in [-0.05, 0) is 137 Å². The summed E-state index contributed by atoms with van der Waals surface area (Å²) in [4.78, 5) is 2.64. The molecule has 0 saturated heterocycles. The molecule has 4 aliphatic carbocycles. The molecular formula is C71H53N. The van der Waals surface area contributed by atoms with E-state index in [2.05, 4.69) is 286 Å². The van der Waals surface area contributed by atoms with E-state index in [1.807, 2.05) is 0 Å². The lowest BCUT2D eigenvalue weighted by molar-refractivity contribution is 0.652. The topological polar surface area (TPSA) is 3.24 Å². The van der Waals surface area contributed by atoms with E-state index >= 15 is 0 Å². The highest BCUT2D eigenvalue weighted by Crippen LogP contribution is 2.60. The van der Waals surface area contributed by atoms with E-state index in [1.165, 1.54) is 106 Å². The van der Waals surface area contributed by atoms with Crippen molar-refractivity contribution < 1.29 is 0 Å². The first kappa shape index (κ1) is 42.4. The molecule has 0 N–H and O–H groups in total. The van der Waals surface area contributed by atoms with Gasteiger partial charge in [-0.15, -0.1) is 0 Å². The molecule has 1 atom stereocenters. The molecule has 0 amide bonds. The van der Waals surface area contributed by atoms with Gasteiger partial charge in [0.05, 0.1) is 16.9 Å². The molecule has 1 unspecified atom stereocenters. The minimum Gasteiger partial charge on any atom is -0.334 e. The fourth-order valence-corrected chi connectivity index (χ4v) is 13.7. The van der Waals surface area contributed by atoms with Crippen molar-refractivity contribution in [1.82, 2.24) is 0 Å². The van der Waals surface area contributed by atoms with E-state index in [0.717, 1.165) is 12.1 Å². The summed E-state index contributed by atoms with van der Waals surface area (Å²) < 4.78 is 0. The average molecular weight is 920 g/mol. The molecule has 0 bridgehead atoms. The summed E-state index contributed by atoms with van der Waals surface area (Å²) in [5, 5.41) is 0. The second kappa shape index (κ2) is 16.3. The van der Waals surface area contributed by atoms with Gasteiger partial charge in [0, 0.05) is 16.8 Å². The number of benzene rings is 10. The van der Waals surface area contributed by atoms with Crippen LogP contribution in [-0.2, 0) is 16.2 Å². The quantitative estimate of drug-likeness (QED) is 0.147. The Labute approximate surface area is 423 Å². The molecule has 0 aliphatic heterocycles. The zero-order chi connectivity index (χ0) is 48.0. The van der Waals surface area contributed by atoms with Crippen molar-refractivity contribution in [2.45, 2.75) is 42.6 Å². The van der Waals surface area contributed by atoms with E-state index in [-0.39, 0.29) is 11.5 Å². The van der Waals surface area contributed by atoms with Gasteiger partial charge in [-0.1, -0.05) is 250 Å². The third-order valence-electron chi connectivity index (χ3n) is 16.8. The van der Waals surface area contributed by atoms with Crippen molar-refractivity contribution in [3.63, 3.8) is 0 Å². The Balaban J connectivity index is 0.960. The Bertz CT molecular complexity index is 3710. The number of nitrogens with zero attached hydrogens (tertiary/aromatic N) is 1. The molecule has 72 heavy (non-hydrogen) atoms. The van der Waals surface area contributed by atoms with E-state index in [0.29, 0.717) is 0 Å². The van der Waals surface area contributed by atoms with Crippen LogP contribution in [0.1, 0.15) is 75.9 Å². The molecule has 10 aromatic rings. The van der Waals surface area contributed by atoms with E-state index in [1.54, 1.807) is 0 Å². The number of rotatable bonds is 8. The van der Waals surface area contributed by atoms with Crippen molar-refractivity contribution in [2.24, 2.45) is 0 Å². The van der Waals surface area contributed by atoms with Gasteiger partial charge in [-0.25, -0.2) is 0 Å². The zero-order valence-corrected chi connectivity index (χ0v) is 40.6. The molecule has 10 aromatic carbocycles. The highest BCUT2D eigenvalue weighted by molar-refractivity contribution is 5.93. The molecule has 1 heteroatoms. The van der Waals surface area contributed by atoms with Crippen LogP contribution < -0.4 is 4.90 Å². The predicted octanol–water partition coefficient (Wildman–Crippen LogP) is 17.3. The second-order valence-corrected chi connectivity index (χ2v) is 20.7. The Hall–Kier alpha value is -8.52. The fraction of sp³-hybridized carbons (Fsp3) is 0.0986. The van der Waals surface area contributed by atoms with Crippen molar-refractivity contribution >= 4 is 16.9 Å². The molecule has 0 fully saturated rings. The smallest absolute Gasteiger partial charge is 0.0714 e. The first-order valence-corrected chi connectivity index (χ1v) is 25.6. The third-order valence-corrected chi connectivity index (χ3v) is 16.8. The monoisotopic (exact) mass is 919 g/mol. The van der Waals surface area contributed by atoms with Crippen LogP contribution in [0.3, 0.4) is 0 Å². The summed E-state index contributed by atoms with van der Waals surface area (Å²) in [6.07, 6.45) is 5.76. The Morgan fingerprint density at radius 2 is 0.778 bits per heavy atom. The first-order valence-electron chi connectivity index (χ1n) is 25.6. The lowest BCUT2D eigenvalue weighted by atomic mass is 9.65. The molecule has 0 aromatic heterocycles. The largest absolute Gasteiger partial charge is 0.334 e. The van der Waals surface area contributed by atoms with Crippen molar-refractivity contribution in [3.05, 3.63) is 328 Å². The summed E-state index contributed by atoms with van der Waals surface area (Å²) >= 11 is 0. The van der Waals surface area contributed by atoms with E-state index in [9.17, 15) is 0 Å². The van der Waals surface area contributed by atoms with Gasteiger partial charge in [0.2, 0.25) is 0 Å². The van der Waals surface area contributed by atoms with Gasteiger partial charge in [0.15, 0.2) is 0 Å². The second-order valence-electron chi connectivity index (χ2n) is 20.7. The molecule has 0 spiro atoms. The third kappa shape index (κ3) is 6.01. The minimum atomic E-state index is -0.526. The van der Waals surface area contributed by atoms with Crippen LogP contribution in [0.25, 0.3) is 39.0 Å². The molecule has 0 radical (unpaired) electrons. The Morgan fingerprint density at radius 1 is 0.347 bits per heavy atom. The van der Waals surface area contributed by atoms with Crippen LogP contribution in [0.4, 0.5) is 11.4 Å². The lowest BCUT2D eigenvalue weighted by Gasteiger charge is -2.41. The highest BCUT2D eigenvalue weighted by Gasteiger charge is 2.50. The normalized spacial score (nSPS) is 16.8. The van der Waals surface area contributed by atoms with Crippen LogP contribution in [-0.4, -0.2) is 6.04 Å². The average Bonchev–Trinajstić information content (AvgIpc) is 4.01. The summed E-state index contributed by atoms with van der Waals surface area (Å²) in [6, 6.07) is 95.8. The van der Waals surface area contributed by atoms with Gasteiger partial charge in [-0.3, -0.25) is 0 Å². The van der Waals surface area contributed by atoms with Crippen LogP contribution >= 0.6 is 0 Å². The van der Waals surface area contributed by atoms with E-state index < -0.39 is 10.8 Å². The maximum atomic E-state index is 2.64. The Morgan fingerprint density at radius 3 is 1.38 bits per heavy atom. The van der Waals surface area contributed by atoms with E-state index in [4.69, 9.17) is 0 Å². The van der Waals surface area contributed by atoms with Crippen molar-refractivity contribution in [2.75, 3.05) is 4.90 Å². The number of fused-ring (bicyclic) bond motifs is 8. The molecule has 14 rings (SSSR count). The van der Waals surface area contributed by atoms with Crippen LogP contribution in [0.2, 0.25) is 0 Å². The standard InChI is InChI=1S/C71H53N/c1-69(2)63-32-18-15-29-57(63)60-42-37-49(45-66(60)69)48-35-38-54(39-36-48)72(55-40-43-61-58-30-16-19-33-64(58)70(67(61)46-55,50-21-7-3-8-22-50)51-23-9-4-10-24-51)56-41-44-62-59-31-17-20-34-65(59)71(68(62)47-56,52-25-11-5-12-26-52)53-27-13-6-14-28-53/h3-46,56H,47H2,1-2H3. The fourth-order valence-electron chi connectivity index (χ4n) is 13.7. The summed E-state index contributed by atoms with van der Waals surface area (Å²) in [7, 11) is 0. The minimum absolute atomic E-state index is 0.0142. The summed E-state index contributed by atoms with van der Waals surface area (Å²) in [6.45, 7) is 4.74. The van der Waals surface area contributed by atoms with Crippen molar-refractivity contribution in [3.8, 4) is 33.4 Å². The molecule has 342 valence electrons. The molecule has 0 heterocycles. The number of allylic oxidation sites excluding steroid dienone is 2. The van der Waals surface area contributed by atoms with Gasteiger partial charge in [0.1, 0.15) is 0 Å². The highest BCUT2D eigenvalue weighted by atomic mass is 15.2. The lowest BCUT2D eigenvalue weighted by Crippen LogP contribution is -2.37. The van der Waals surface area contributed by atoms with Gasteiger partial charge in [0.25, 0.3) is 0 Å². The molecule has 1 nitrogen and oxygen atoms in total. The molecule has 4 aliphatic rings. The predicted molar refractivity (Wildman–Crippen MR) is 299 cm³/mol. The maximum absolute atomic E-state index is 2.64. The van der Waals surface area contributed by atoms with Gasteiger partial charge < -0.3 is 4.90 Å². The number of hydrogen-bond acceptors (Lipinski definition) is 1. The maximum Gasteiger partial charge on any atom is 0.0714 e. The first-order chi connectivity index (χ1) is 35.5. The number of anilines is 2. The molecule has 0 saturated carbocycles. The number of hydrogen-bond donors (Lipinski definition) is 0. The van der Waals surface area contributed by atoms with Crippen LogP contribution in [0, 0.1) is 0 Å². The Kier molecular flexibility index (Phi) is 9.57. The van der Waals surface area contributed by atoms with Gasteiger partial charge in [-0.2, -0.15) is 0 Å². The van der Waals surface area contributed by atoms with Gasteiger partial charge >= 0.3 is 0 Å². The van der Waals surface area contributed by atoms with Crippen LogP contribution in [0.5, 0.6) is 0 Å². The van der Waals surface area contributed by atoms with Crippen molar-refractivity contribution in [1.29, 1.82) is 0 Å². The summed E-state index contributed by atoms with van der Waals surface area (Å²) in [5.41, 5.74) is 25.0. The van der Waals surface area contributed by atoms with Crippen LogP contribution in [0.15, 0.2) is 273 Å². The molecular weight excluding hydrogens is 867 g/mol. The zero-order valence-electron chi connectivity index (χ0n) is 40.6. The SMILES string of the molecule is CC1(C)c2ccccc2-c2ccc(-c3ccc(N(c4ccc5c(c4)C(c4ccccc4)(c4ccccc4)c4ccccc4-5)C4C=CC5=C(C4)C(c4ccccc4)(c4ccccc4)c4ccccc45)cc3)cc21. The summed E-state index contributed by atoms with van der Waals surface area (Å²) in [5.74, 6) is 0.